The summed E-state index contributed by atoms with van der Waals surface area (Å²) in [6.45, 7) is 0.600. The fraction of sp³-hybridized carbons (Fsp3) is 0.296. The Morgan fingerprint density at radius 3 is 1.94 bits per heavy atom. The third-order valence-electron chi connectivity index (χ3n) is 5.56. The number of aliphatic hydroxyl groups is 2. The molecule has 0 saturated carbocycles. The molecule has 0 radical (unpaired) electrons. The van der Waals surface area contributed by atoms with Crippen molar-refractivity contribution >= 4 is 5.97 Å². The first-order chi connectivity index (χ1) is 16.6. The predicted molar refractivity (Wildman–Crippen MR) is 124 cm³/mol. The summed E-state index contributed by atoms with van der Waals surface area (Å²) in [7, 11) is 0. The minimum atomic E-state index is -1.56. The number of rotatable bonds is 9. The summed E-state index contributed by atoms with van der Waals surface area (Å²) in [5, 5.41) is 21.0. The van der Waals surface area contributed by atoms with Gasteiger partial charge < -0.3 is 29.2 Å². The van der Waals surface area contributed by atoms with E-state index in [-0.39, 0.29) is 13.2 Å². The third kappa shape index (κ3) is 6.28. The minimum absolute atomic E-state index is 0.0670. The molecule has 1 aliphatic heterocycles. The zero-order valence-electron chi connectivity index (χ0n) is 18.6. The standard InChI is InChI=1S/C27H28O7/c28-23-25(34-26(29)21-14-8-3-9-15-21)24(32-17-20-12-6-2-7-13-20)22(33-27(23)30)18-31-16-19-10-4-1-5-11-19/h1-15,22-25,27-28,30H,16-18H2/t22-,23-,24-,25-,27+/m0/s1. The average Bonchev–Trinajstić information content (AvgIpc) is 2.88. The van der Waals surface area contributed by atoms with E-state index in [9.17, 15) is 15.0 Å². The molecule has 0 unspecified atom stereocenters. The number of aliphatic hydroxyl groups excluding tert-OH is 2. The molecule has 0 bridgehead atoms. The lowest BCUT2D eigenvalue weighted by atomic mass is 9.98. The summed E-state index contributed by atoms with van der Waals surface area (Å²) in [6.07, 6.45) is -5.86. The number of ether oxygens (including phenoxy) is 4. The van der Waals surface area contributed by atoms with Crippen LogP contribution in [-0.2, 0) is 32.2 Å². The van der Waals surface area contributed by atoms with E-state index in [1.54, 1.807) is 30.3 Å². The van der Waals surface area contributed by atoms with Gasteiger partial charge in [0.25, 0.3) is 0 Å². The molecule has 5 atom stereocenters. The second kappa shape index (κ2) is 11.9. The number of esters is 1. The first-order valence-electron chi connectivity index (χ1n) is 11.2. The Bertz CT molecular complexity index is 1010. The van der Waals surface area contributed by atoms with E-state index in [4.69, 9.17) is 18.9 Å². The van der Waals surface area contributed by atoms with Gasteiger partial charge in [0.15, 0.2) is 12.4 Å². The fourth-order valence-corrected chi connectivity index (χ4v) is 3.78. The third-order valence-corrected chi connectivity index (χ3v) is 5.56. The summed E-state index contributed by atoms with van der Waals surface area (Å²) >= 11 is 0. The van der Waals surface area contributed by atoms with Gasteiger partial charge in [0.05, 0.1) is 25.4 Å². The highest BCUT2D eigenvalue weighted by atomic mass is 16.7. The molecule has 3 aromatic carbocycles. The van der Waals surface area contributed by atoms with E-state index in [1.165, 1.54) is 0 Å². The quantitative estimate of drug-likeness (QED) is 0.470. The minimum Gasteiger partial charge on any atom is -0.453 e. The van der Waals surface area contributed by atoms with Crippen LogP contribution >= 0.6 is 0 Å². The van der Waals surface area contributed by atoms with E-state index < -0.39 is 36.7 Å². The Hall–Kier alpha value is -3.07. The van der Waals surface area contributed by atoms with Gasteiger partial charge >= 0.3 is 5.97 Å². The highest BCUT2D eigenvalue weighted by Gasteiger charge is 2.48. The second-order valence-corrected chi connectivity index (χ2v) is 8.05. The Morgan fingerprint density at radius 2 is 1.32 bits per heavy atom. The molecule has 3 aromatic rings. The van der Waals surface area contributed by atoms with E-state index in [0.29, 0.717) is 12.2 Å². The van der Waals surface area contributed by atoms with Gasteiger partial charge in [0.2, 0.25) is 0 Å². The zero-order valence-corrected chi connectivity index (χ0v) is 18.6. The van der Waals surface area contributed by atoms with Crippen LogP contribution in [0.3, 0.4) is 0 Å². The maximum absolute atomic E-state index is 12.7. The Labute approximate surface area is 198 Å². The summed E-state index contributed by atoms with van der Waals surface area (Å²) in [5.41, 5.74) is 2.21. The number of carbonyl (C=O) groups excluding carboxylic acids is 1. The van der Waals surface area contributed by atoms with Gasteiger partial charge in [-0.25, -0.2) is 4.79 Å². The summed E-state index contributed by atoms with van der Waals surface area (Å²) in [6, 6.07) is 27.6. The second-order valence-electron chi connectivity index (χ2n) is 8.05. The molecule has 178 valence electrons. The van der Waals surface area contributed by atoms with E-state index in [0.717, 1.165) is 11.1 Å². The van der Waals surface area contributed by atoms with Gasteiger partial charge in [-0.2, -0.15) is 0 Å². The highest BCUT2D eigenvalue weighted by molar-refractivity contribution is 5.89. The molecule has 34 heavy (non-hydrogen) atoms. The lowest BCUT2D eigenvalue weighted by molar-refractivity contribution is -0.297. The molecule has 4 rings (SSSR count). The molecule has 0 aromatic heterocycles. The summed E-state index contributed by atoms with van der Waals surface area (Å²) < 4.78 is 23.2. The van der Waals surface area contributed by atoms with Crippen molar-refractivity contribution < 1.29 is 34.0 Å². The van der Waals surface area contributed by atoms with Crippen molar-refractivity contribution in [2.45, 2.75) is 43.9 Å². The smallest absolute Gasteiger partial charge is 0.338 e. The van der Waals surface area contributed by atoms with Crippen LogP contribution < -0.4 is 0 Å². The molecule has 0 amide bonds. The Balaban J connectivity index is 1.50. The van der Waals surface area contributed by atoms with Gasteiger partial charge in [-0.05, 0) is 23.3 Å². The fourth-order valence-electron chi connectivity index (χ4n) is 3.78. The van der Waals surface area contributed by atoms with Crippen molar-refractivity contribution in [1.82, 2.24) is 0 Å². The summed E-state index contributed by atoms with van der Waals surface area (Å²) in [5.74, 6) is -0.629. The molecule has 7 heteroatoms. The van der Waals surface area contributed by atoms with Crippen molar-refractivity contribution in [3.8, 4) is 0 Å². The number of hydrogen-bond acceptors (Lipinski definition) is 7. The molecule has 7 nitrogen and oxygen atoms in total. The predicted octanol–water partition coefficient (Wildman–Crippen LogP) is 3.09. The average molecular weight is 465 g/mol. The van der Waals surface area contributed by atoms with Crippen LogP contribution in [0.2, 0.25) is 0 Å². The molecule has 2 N–H and O–H groups in total. The van der Waals surface area contributed by atoms with E-state index in [2.05, 4.69) is 0 Å². The van der Waals surface area contributed by atoms with E-state index in [1.807, 2.05) is 60.7 Å². The maximum Gasteiger partial charge on any atom is 0.338 e. The van der Waals surface area contributed by atoms with E-state index >= 15 is 0 Å². The van der Waals surface area contributed by atoms with Crippen LogP contribution in [0.15, 0.2) is 91.0 Å². The van der Waals surface area contributed by atoms with Crippen LogP contribution in [0, 0.1) is 0 Å². The van der Waals surface area contributed by atoms with Crippen LogP contribution in [0.4, 0.5) is 0 Å². The van der Waals surface area contributed by atoms with Crippen LogP contribution in [0.1, 0.15) is 21.5 Å². The van der Waals surface area contributed by atoms with Crippen molar-refractivity contribution in [1.29, 1.82) is 0 Å². The molecule has 0 aliphatic carbocycles. The highest BCUT2D eigenvalue weighted by Crippen LogP contribution is 2.27. The Morgan fingerprint density at radius 1 is 0.765 bits per heavy atom. The largest absolute Gasteiger partial charge is 0.453 e. The summed E-state index contributed by atoms with van der Waals surface area (Å²) in [4.78, 5) is 12.7. The number of hydrogen-bond donors (Lipinski definition) is 2. The molecule has 1 fully saturated rings. The topological polar surface area (TPSA) is 94.5 Å². The van der Waals surface area contributed by atoms with Gasteiger partial charge in [0.1, 0.15) is 18.3 Å². The zero-order chi connectivity index (χ0) is 23.8. The number of benzene rings is 3. The van der Waals surface area contributed by atoms with Crippen molar-refractivity contribution in [2.24, 2.45) is 0 Å². The molecule has 1 aliphatic rings. The molecular formula is C27H28O7. The van der Waals surface area contributed by atoms with Crippen molar-refractivity contribution in [3.63, 3.8) is 0 Å². The monoisotopic (exact) mass is 464 g/mol. The normalized spacial score (nSPS) is 24.5. The van der Waals surface area contributed by atoms with Gasteiger partial charge in [0, 0.05) is 0 Å². The molecular weight excluding hydrogens is 436 g/mol. The van der Waals surface area contributed by atoms with Crippen LogP contribution in [0.5, 0.6) is 0 Å². The Kier molecular flexibility index (Phi) is 8.41. The van der Waals surface area contributed by atoms with Crippen LogP contribution in [-0.4, -0.2) is 53.5 Å². The first-order valence-corrected chi connectivity index (χ1v) is 11.2. The molecule has 1 heterocycles. The number of carbonyl (C=O) groups is 1. The molecule has 0 spiro atoms. The van der Waals surface area contributed by atoms with Gasteiger partial charge in [-0.1, -0.05) is 78.9 Å². The van der Waals surface area contributed by atoms with Crippen molar-refractivity contribution in [2.75, 3.05) is 6.61 Å². The lowest BCUT2D eigenvalue weighted by Crippen LogP contribution is -2.60. The SMILES string of the molecule is O=C(O[C@H]1[C@H](O)[C@H](O)O[C@@H](COCc2ccccc2)[C@@H]1OCc1ccccc1)c1ccccc1. The molecule has 1 saturated heterocycles. The first kappa shape index (κ1) is 24.1. The van der Waals surface area contributed by atoms with Gasteiger partial charge in [-0.15, -0.1) is 0 Å². The van der Waals surface area contributed by atoms with Crippen molar-refractivity contribution in [3.05, 3.63) is 108 Å². The van der Waals surface area contributed by atoms with Gasteiger partial charge in [-0.3, -0.25) is 0 Å². The lowest BCUT2D eigenvalue weighted by Gasteiger charge is -2.42. The van der Waals surface area contributed by atoms with Crippen LogP contribution in [0.25, 0.3) is 0 Å². The maximum atomic E-state index is 12.7.